The van der Waals surface area contributed by atoms with Gasteiger partial charge in [-0.3, -0.25) is 0 Å². The quantitative estimate of drug-likeness (QED) is 0.644. The summed E-state index contributed by atoms with van der Waals surface area (Å²) in [5.41, 5.74) is 2.25. The van der Waals surface area contributed by atoms with E-state index in [1.807, 2.05) is 42.5 Å². The maximum Gasteiger partial charge on any atom is 0.149 e. The summed E-state index contributed by atoms with van der Waals surface area (Å²) < 4.78 is 5.67. The van der Waals surface area contributed by atoms with Crippen molar-refractivity contribution in [3.63, 3.8) is 0 Å². The van der Waals surface area contributed by atoms with Crippen LogP contribution in [0.1, 0.15) is 24.5 Å². The number of benzene rings is 2. The topological polar surface area (TPSA) is 21.3 Å². The predicted octanol–water partition coefficient (Wildman–Crippen LogP) is 3.62. The average molecular weight is 279 g/mol. The molecule has 1 N–H and O–H groups in total. The lowest BCUT2D eigenvalue weighted by atomic mass is 10.2. The highest BCUT2D eigenvalue weighted by atomic mass is 16.5. The summed E-state index contributed by atoms with van der Waals surface area (Å²) in [5, 5.41) is 3.38. The molecule has 0 aromatic heterocycles. The molecule has 0 saturated heterocycles. The lowest BCUT2D eigenvalue weighted by Crippen LogP contribution is -2.13. The highest BCUT2D eigenvalue weighted by molar-refractivity contribution is 5.34. The van der Waals surface area contributed by atoms with Gasteiger partial charge in [0.15, 0.2) is 0 Å². The first-order chi connectivity index (χ1) is 10.4. The SMILES string of the molecule is CCCNCc1cccc(OCC#Cc2ccccc2)c1. The first kappa shape index (κ1) is 15.2. The van der Waals surface area contributed by atoms with E-state index >= 15 is 0 Å². The molecule has 0 aliphatic carbocycles. The Bertz CT molecular complexity index is 596. The normalized spacial score (nSPS) is 9.76. The van der Waals surface area contributed by atoms with Gasteiger partial charge < -0.3 is 10.1 Å². The highest BCUT2D eigenvalue weighted by Crippen LogP contribution is 2.13. The molecule has 2 rings (SSSR count). The van der Waals surface area contributed by atoms with Crippen molar-refractivity contribution in [2.75, 3.05) is 13.2 Å². The van der Waals surface area contributed by atoms with Crippen LogP contribution in [0.5, 0.6) is 5.75 Å². The molecule has 0 unspecified atom stereocenters. The smallest absolute Gasteiger partial charge is 0.149 e. The molecule has 0 saturated carbocycles. The van der Waals surface area contributed by atoms with Gasteiger partial charge >= 0.3 is 0 Å². The van der Waals surface area contributed by atoms with Gasteiger partial charge in [-0.05, 0) is 42.8 Å². The standard InChI is InChI=1S/C19H21NO/c1-2-13-20-16-18-10-6-12-19(15-18)21-14-7-11-17-8-4-3-5-9-17/h3-6,8-10,12,15,20H,2,13-14,16H2,1H3. The Kier molecular flexibility index (Phi) is 6.38. The minimum Gasteiger partial charge on any atom is -0.481 e. The van der Waals surface area contributed by atoms with Crippen molar-refractivity contribution < 1.29 is 4.74 Å². The molecule has 2 aromatic rings. The number of rotatable bonds is 6. The Labute approximate surface area is 127 Å². The summed E-state index contributed by atoms with van der Waals surface area (Å²) in [6.45, 7) is 4.48. The second-order valence-electron chi connectivity index (χ2n) is 4.78. The fourth-order valence-corrected chi connectivity index (χ4v) is 1.93. The summed E-state index contributed by atoms with van der Waals surface area (Å²) in [7, 11) is 0. The van der Waals surface area contributed by atoms with Crippen LogP contribution in [0.15, 0.2) is 54.6 Å². The molecule has 0 spiro atoms. The highest BCUT2D eigenvalue weighted by Gasteiger charge is 1.96. The Morgan fingerprint density at radius 3 is 2.71 bits per heavy atom. The van der Waals surface area contributed by atoms with E-state index in [-0.39, 0.29) is 0 Å². The molecule has 0 amide bonds. The molecular formula is C19H21NO. The number of nitrogens with one attached hydrogen (secondary N) is 1. The van der Waals surface area contributed by atoms with Gasteiger partial charge in [0, 0.05) is 12.1 Å². The van der Waals surface area contributed by atoms with Crippen molar-refractivity contribution in [3.8, 4) is 17.6 Å². The zero-order chi connectivity index (χ0) is 14.8. The van der Waals surface area contributed by atoms with Crippen LogP contribution in [0.2, 0.25) is 0 Å². The van der Waals surface area contributed by atoms with Gasteiger partial charge in [0.2, 0.25) is 0 Å². The van der Waals surface area contributed by atoms with E-state index in [0.717, 1.165) is 30.8 Å². The van der Waals surface area contributed by atoms with Gasteiger partial charge in [-0.2, -0.15) is 0 Å². The maximum atomic E-state index is 5.67. The van der Waals surface area contributed by atoms with Gasteiger partial charge in [-0.25, -0.2) is 0 Å². The summed E-state index contributed by atoms with van der Waals surface area (Å²) in [4.78, 5) is 0. The fraction of sp³-hybridized carbons (Fsp3) is 0.263. The van der Waals surface area contributed by atoms with E-state index < -0.39 is 0 Å². The molecule has 0 heterocycles. The van der Waals surface area contributed by atoms with E-state index in [0.29, 0.717) is 6.61 Å². The van der Waals surface area contributed by atoms with Crippen LogP contribution in [-0.4, -0.2) is 13.2 Å². The number of hydrogen-bond donors (Lipinski definition) is 1. The van der Waals surface area contributed by atoms with Crippen LogP contribution in [0, 0.1) is 11.8 Å². The lowest BCUT2D eigenvalue weighted by Gasteiger charge is -2.06. The van der Waals surface area contributed by atoms with E-state index in [4.69, 9.17) is 4.74 Å². The molecule has 21 heavy (non-hydrogen) atoms. The molecule has 0 aliphatic heterocycles. The maximum absolute atomic E-state index is 5.67. The van der Waals surface area contributed by atoms with Gasteiger partial charge in [-0.1, -0.05) is 49.1 Å². The molecule has 0 atom stereocenters. The monoisotopic (exact) mass is 279 g/mol. The second-order valence-corrected chi connectivity index (χ2v) is 4.78. The molecule has 2 heteroatoms. The molecule has 0 aliphatic rings. The van der Waals surface area contributed by atoms with E-state index in [1.165, 1.54) is 5.56 Å². The van der Waals surface area contributed by atoms with Gasteiger partial charge in [-0.15, -0.1) is 0 Å². The summed E-state index contributed by atoms with van der Waals surface area (Å²) in [6.07, 6.45) is 1.14. The second kappa shape index (κ2) is 8.84. The van der Waals surface area contributed by atoms with Crippen LogP contribution in [0.3, 0.4) is 0 Å². The Hall–Kier alpha value is -2.24. The third-order valence-corrected chi connectivity index (χ3v) is 2.97. The summed E-state index contributed by atoms with van der Waals surface area (Å²) in [5.74, 6) is 6.99. The van der Waals surface area contributed by atoms with E-state index in [9.17, 15) is 0 Å². The van der Waals surface area contributed by atoms with Crippen LogP contribution in [0.25, 0.3) is 0 Å². The third-order valence-electron chi connectivity index (χ3n) is 2.97. The minimum atomic E-state index is 0.404. The van der Waals surface area contributed by atoms with Gasteiger partial charge in [0.05, 0.1) is 0 Å². The zero-order valence-electron chi connectivity index (χ0n) is 12.4. The van der Waals surface area contributed by atoms with E-state index in [2.05, 4.69) is 36.2 Å². The fourth-order valence-electron chi connectivity index (χ4n) is 1.93. The van der Waals surface area contributed by atoms with Crippen molar-refractivity contribution >= 4 is 0 Å². The van der Waals surface area contributed by atoms with Crippen LogP contribution in [-0.2, 0) is 6.54 Å². The molecule has 2 nitrogen and oxygen atoms in total. The zero-order valence-corrected chi connectivity index (χ0v) is 12.4. The van der Waals surface area contributed by atoms with Crippen molar-refractivity contribution in [3.05, 3.63) is 65.7 Å². The number of ether oxygens (including phenoxy) is 1. The minimum absolute atomic E-state index is 0.404. The molecule has 0 radical (unpaired) electrons. The third kappa shape index (κ3) is 5.72. The van der Waals surface area contributed by atoms with Crippen molar-refractivity contribution in [1.82, 2.24) is 5.32 Å². The molecular weight excluding hydrogens is 258 g/mol. The Balaban J connectivity index is 1.83. The van der Waals surface area contributed by atoms with Crippen molar-refractivity contribution in [2.24, 2.45) is 0 Å². The van der Waals surface area contributed by atoms with Crippen LogP contribution >= 0.6 is 0 Å². The lowest BCUT2D eigenvalue weighted by molar-refractivity contribution is 0.369. The van der Waals surface area contributed by atoms with E-state index in [1.54, 1.807) is 0 Å². The van der Waals surface area contributed by atoms with Crippen LogP contribution < -0.4 is 10.1 Å². The Morgan fingerprint density at radius 2 is 1.90 bits per heavy atom. The van der Waals surface area contributed by atoms with Gasteiger partial charge in [0.1, 0.15) is 12.4 Å². The molecule has 0 fully saturated rings. The first-order valence-electron chi connectivity index (χ1n) is 7.35. The average Bonchev–Trinajstić information content (AvgIpc) is 2.53. The largest absolute Gasteiger partial charge is 0.481 e. The number of hydrogen-bond acceptors (Lipinski definition) is 2. The van der Waals surface area contributed by atoms with Gasteiger partial charge in [0.25, 0.3) is 0 Å². The predicted molar refractivity (Wildman–Crippen MR) is 87.3 cm³/mol. The molecule has 108 valence electrons. The van der Waals surface area contributed by atoms with Crippen molar-refractivity contribution in [1.29, 1.82) is 0 Å². The molecule has 0 bridgehead atoms. The molecule has 2 aromatic carbocycles. The Morgan fingerprint density at radius 1 is 1.05 bits per heavy atom. The van der Waals surface area contributed by atoms with Crippen molar-refractivity contribution in [2.45, 2.75) is 19.9 Å². The summed E-state index contributed by atoms with van der Waals surface area (Å²) >= 11 is 0. The first-order valence-corrected chi connectivity index (χ1v) is 7.35. The summed E-state index contributed by atoms with van der Waals surface area (Å²) in [6, 6.07) is 18.1. The van der Waals surface area contributed by atoms with Crippen LogP contribution in [0.4, 0.5) is 0 Å².